The third kappa shape index (κ3) is 4.80. The second-order valence-electron chi connectivity index (χ2n) is 7.39. The highest BCUT2D eigenvalue weighted by atomic mass is 32.2. The Hall–Kier alpha value is -3.54. The molecule has 0 bridgehead atoms. The normalized spacial score (nSPS) is 10.7. The highest BCUT2D eigenvalue weighted by Gasteiger charge is 2.14. The SMILES string of the molecule is CSc1cccc(CC#Cc2cc3c(=O)n(Cc4ccc(C(=O)O)cc4)c(=O)n(C)c3s2)c1. The monoisotopic (exact) mass is 476 g/mol. The number of rotatable bonds is 5. The van der Waals surface area contributed by atoms with Gasteiger partial charge in [0, 0.05) is 18.4 Å². The first kappa shape index (κ1) is 22.6. The lowest BCUT2D eigenvalue weighted by atomic mass is 10.1. The van der Waals surface area contributed by atoms with Crippen LogP contribution in [0.2, 0.25) is 0 Å². The predicted octanol–water partition coefficient (Wildman–Crippen LogP) is 3.82. The Bertz CT molecular complexity index is 1530. The zero-order chi connectivity index (χ0) is 23.5. The molecule has 0 radical (unpaired) electrons. The number of aryl methyl sites for hydroxylation is 1. The Morgan fingerprint density at radius 1 is 1.09 bits per heavy atom. The molecule has 0 fully saturated rings. The minimum absolute atomic E-state index is 0.0595. The summed E-state index contributed by atoms with van der Waals surface area (Å²) in [6, 6.07) is 16.1. The third-order valence-electron chi connectivity index (χ3n) is 5.19. The van der Waals surface area contributed by atoms with Gasteiger partial charge in [0.25, 0.3) is 5.56 Å². The maximum absolute atomic E-state index is 13.1. The fourth-order valence-electron chi connectivity index (χ4n) is 3.44. The molecule has 4 aromatic rings. The maximum atomic E-state index is 13.1. The van der Waals surface area contributed by atoms with Crippen LogP contribution in [-0.2, 0) is 20.0 Å². The molecule has 33 heavy (non-hydrogen) atoms. The van der Waals surface area contributed by atoms with Crippen molar-refractivity contribution in [1.29, 1.82) is 0 Å². The van der Waals surface area contributed by atoms with Gasteiger partial charge in [0.15, 0.2) is 0 Å². The van der Waals surface area contributed by atoms with Crippen molar-refractivity contribution in [2.24, 2.45) is 7.05 Å². The van der Waals surface area contributed by atoms with Gasteiger partial charge in [-0.15, -0.1) is 23.1 Å². The van der Waals surface area contributed by atoms with Crippen LogP contribution >= 0.6 is 23.1 Å². The molecule has 2 aromatic carbocycles. The Morgan fingerprint density at radius 2 is 1.85 bits per heavy atom. The van der Waals surface area contributed by atoms with Crippen LogP contribution in [0.1, 0.15) is 26.4 Å². The molecule has 0 saturated heterocycles. The van der Waals surface area contributed by atoms with Crippen LogP contribution in [0.4, 0.5) is 0 Å². The maximum Gasteiger partial charge on any atom is 0.335 e. The van der Waals surface area contributed by atoms with E-state index in [-0.39, 0.29) is 17.7 Å². The number of carboxylic acids is 1. The number of nitrogens with zero attached hydrogens (tertiary/aromatic N) is 2. The van der Waals surface area contributed by atoms with Crippen LogP contribution in [-0.4, -0.2) is 26.5 Å². The van der Waals surface area contributed by atoms with Crippen LogP contribution in [0.3, 0.4) is 0 Å². The summed E-state index contributed by atoms with van der Waals surface area (Å²) < 4.78 is 2.62. The van der Waals surface area contributed by atoms with E-state index in [1.54, 1.807) is 37.0 Å². The van der Waals surface area contributed by atoms with Gasteiger partial charge < -0.3 is 5.11 Å². The van der Waals surface area contributed by atoms with Crippen LogP contribution in [0, 0.1) is 11.8 Å². The van der Waals surface area contributed by atoms with E-state index in [4.69, 9.17) is 5.11 Å². The molecule has 0 spiro atoms. The zero-order valence-corrected chi connectivity index (χ0v) is 19.6. The Balaban J connectivity index is 1.65. The molecule has 2 aromatic heterocycles. The van der Waals surface area contributed by atoms with Gasteiger partial charge >= 0.3 is 11.7 Å². The van der Waals surface area contributed by atoms with Gasteiger partial charge in [-0.2, -0.15) is 0 Å². The van der Waals surface area contributed by atoms with E-state index >= 15 is 0 Å². The van der Waals surface area contributed by atoms with E-state index in [1.165, 1.54) is 32.9 Å². The summed E-state index contributed by atoms with van der Waals surface area (Å²) in [5.41, 5.74) is 1.13. The topological polar surface area (TPSA) is 81.3 Å². The van der Waals surface area contributed by atoms with E-state index in [0.29, 0.717) is 22.2 Å². The number of hydrogen-bond acceptors (Lipinski definition) is 5. The number of thiophene rings is 1. The van der Waals surface area contributed by atoms with Gasteiger partial charge in [-0.25, -0.2) is 9.59 Å². The van der Waals surface area contributed by atoms with Gasteiger partial charge in [-0.3, -0.25) is 13.9 Å². The average molecular weight is 477 g/mol. The number of hydrogen-bond donors (Lipinski definition) is 1. The van der Waals surface area contributed by atoms with Crippen molar-refractivity contribution < 1.29 is 9.90 Å². The van der Waals surface area contributed by atoms with Gasteiger partial charge in [0.1, 0.15) is 4.83 Å². The predicted molar refractivity (Wildman–Crippen MR) is 133 cm³/mol. The van der Waals surface area contributed by atoms with Gasteiger partial charge in [-0.05, 0) is 47.7 Å². The summed E-state index contributed by atoms with van der Waals surface area (Å²) in [6.45, 7) is 0.0595. The minimum Gasteiger partial charge on any atom is -0.478 e. The van der Waals surface area contributed by atoms with Gasteiger partial charge in [0.05, 0.1) is 22.4 Å². The first-order valence-electron chi connectivity index (χ1n) is 10.0. The number of fused-ring (bicyclic) bond motifs is 1. The molecule has 2 heterocycles. The lowest BCUT2D eigenvalue weighted by Crippen LogP contribution is -2.38. The van der Waals surface area contributed by atoms with Crippen molar-refractivity contribution in [3.63, 3.8) is 0 Å². The van der Waals surface area contributed by atoms with E-state index in [9.17, 15) is 14.4 Å². The molecular formula is C25H20N2O4S2. The molecule has 0 saturated carbocycles. The van der Waals surface area contributed by atoms with Crippen molar-refractivity contribution in [2.45, 2.75) is 17.9 Å². The molecule has 0 amide bonds. The fraction of sp³-hybridized carbons (Fsp3) is 0.160. The van der Waals surface area contributed by atoms with Crippen LogP contribution < -0.4 is 11.2 Å². The molecule has 8 heteroatoms. The van der Waals surface area contributed by atoms with Crippen molar-refractivity contribution in [1.82, 2.24) is 9.13 Å². The van der Waals surface area contributed by atoms with Gasteiger partial charge in [0.2, 0.25) is 0 Å². The minimum atomic E-state index is -1.03. The van der Waals surface area contributed by atoms with Gasteiger partial charge in [-0.1, -0.05) is 36.1 Å². The molecule has 0 aliphatic rings. The fourth-order valence-corrected chi connectivity index (χ4v) is 4.90. The molecule has 6 nitrogen and oxygen atoms in total. The smallest absolute Gasteiger partial charge is 0.335 e. The molecule has 0 aliphatic heterocycles. The highest BCUT2D eigenvalue weighted by molar-refractivity contribution is 7.98. The van der Waals surface area contributed by atoms with E-state index in [0.717, 1.165) is 15.0 Å². The molecular weight excluding hydrogens is 456 g/mol. The van der Waals surface area contributed by atoms with Crippen LogP contribution in [0.5, 0.6) is 0 Å². The summed E-state index contributed by atoms with van der Waals surface area (Å²) in [4.78, 5) is 39.4. The Kier molecular flexibility index (Phi) is 6.54. The summed E-state index contributed by atoms with van der Waals surface area (Å²) in [6.07, 6.45) is 2.63. The largest absolute Gasteiger partial charge is 0.478 e. The van der Waals surface area contributed by atoms with E-state index in [2.05, 4.69) is 24.0 Å². The number of aromatic carboxylic acids is 1. The first-order chi connectivity index (χ1) is 15.9. The van der Waals surface area contributed by atoms with Crippen molar-refractivity contribution in [2.75, 3.05) is 6.26 Å². The number of thioether (sulfide) groups is 1. The molecule has 1 N–H and O–H groups in total. The number of carboxylic acid groups (broad SMARTS) is 1. The second kappa shape index (κ2) is 9.53. The zero-order valence-electron chi connectivity index (χ0n) is 18.0. The quantitative estimate of drug-likeness (QED) is 0.350. The summed E-state index contributed by atoms with van der Waals surface area (Å²) in [5, 5.41) is 9.48. The lowest BCUT2D eigenvalue weighted by Gasteiger charge is -2.08. The highest BCUT2D eigenvalue weighted by Crippen LogP contribution is 2.21. The number of aromatic nitrogens is 2. The molecule has 166 valence electrons. The average Bonchev–Trinajstić information content (AvgIpc) is 3.25. The molecule has 0 atom stereocenters. The van der Waals surface area contributed by atoms with Crippen molar-refractivity contribution >= 4 is 39.3 Å². The van der Waals surface area contributed by atoms with E-state index < -0.39 is 11.7 Å². The lowest BCUT2D eigenvalue weighted by molar-refractivity contribution is 0.0697. The third-order valence-corrected chi connectivity index (χ3v) is 7.04. The summed E-state index contributed by atoms with van der Waals surface area (Å²) in [7, 11) is 1.63. The Labute approximate surface area is 198 Å². The number of carbonyl (C=O) groups is 1. The molecule has 4 rings (SSSR count). The molecule has 0 unspecified atom stereocenters. The second-order valence-corrected chi connectivity index (χ2v) is 9.30. The summed E-state index contributed by atoms with van der Waals surface area (Å²) in [5.74, 6) is 5.25. The standard InChI is InChI=1S/C25H20N2O4S2/c1-26-23-21(14-20(33-23)8-4-6-16-5-3-7-19(13-16)32-2)22(28)27(25(26)31)15-17-9-11-18(12-10-17)24(29)30/h3,5,7,9-14H,6,15H2,1-2H3,(H,29,30). The molecule has 0 aliphatic carbocycles. The van der Waals surface area contributed by atoms with Crippen molar-refractivity contribution in [3.8, 4) is 11.8 Å². The van der Waals surface area contributed by atoms with Crippen molar-refractivity contribution in [3.05, 3.63) is 97.0 Å². The Morgan fingerprint density at radius 3 is 2.55 bits per heavy atom. The summed E-state index contributed by atoms with van der Waals surface area (Å²) >= 11 is 3.00. The van der Waals surface area contributed by atoms with E-state index in [1.807, 2.05) is 18.4 Å². The van der Waals surface area contributed by atoms with Crippen LogP contribution in [0.25, 0.3) is 10.2 Å². The van der Waals surface area contributed by atoms with Crippen LogP contribution in [0.15, 0.2) is 69.1 Å². The first-order valence-corrected chi connectivity index (χ1v) is 12.1. The number of benzene rings is 2.